The van der Waals surface area contributed by atoms with Crippen molar-refractivity contribution < 1.29 is 18.0 Å². The Morgan fingerprint density at radius 3 is 2.68 bits per heavy atom. The van der Waals surface area contributed by atoms with Gasteiger partial charge in [0.2, 0.25) is 5.95 Å². The van der Waals surface area contributed by atoms with Crippen LogP contribution in [-0.4, -0.2) is 22.4 Å². The van der Waals surface area contributed by atoms with Crippen LogP contribution in [0.1, 0.15) is 40.9 Å². The largest absolute Gasteiger partial charge is 0.434 e. The number of anilines is 2. The predicted octanol–water partition coefficient (Wildman–Crippen LogP) is 4.29. The van der Waals surface area contributed by atoms with Gasteiger partial charge in [0.05, 0.1) is 27.9 Å². The molecule has 10 heteroatoms. The third-order valence-corrected chi connectivity index (χ3v) is 4.74. The minimum atomic E-state index is -4.84. The van der Waals surface area contributed by atoms with Crippen LogP contribution < -0.4 is 10.6 Å². The normalized spacial score (nSPS) is 14.1. The SMILES string of the molecule is N#Cc1ccc(Nc2ncc(C(=O)NCC3CCC3)c(C(F)(F)F)n2)c(Cl)c1. The van der Waals surface area contributed by atoms with Gasteiger partial charge >= 0.3 is 6.18 Å². The zero-order valence-corrected chi connectivity index (χ0v) is 15.2. The molecule has 0 spiro atoms. The number of rotatable bonds is 5. The highest BCUT2D eigenvalue weighted by Crippen LogP contribution is 2.32. The third kappa shape index (κ3) is 4.51. The number of benzene rings is 1. The van der Waals surface area contributed by atoms with E-state index in [2.05, 4.69) is 20.6 Å². The first kappa shape index (κ1) is 19.9. The van der Waals surface area contributed by atoms with E-state index < -0.39 is 23.3 Å². The second-order valence-corrected chi connectivity index (χ2v) is 6.80. The molecule has 1 aliphatic rings. The van der Waals surface area contributed by atoms with Crippen molar-refractivity contribution in [1.29, 1.82) is 5.26 Å². The van der Waals surface area contributed by atoms with Gasteiger partial charge in [0.15, 0.2) is 5.69 Å². The minimum Gasteiger partial charge on any atom is -0.352 e. The number of hydrogen-bond donors (Lipinski definition) is 2. The van der Waals surface area contributed by atoms with Gasteiger partial charge in [0.25, 0.3) is 5.91 Å². The second-order valence-electron chi connectivity index (χ2n) is 6.39. The molecular formula is C18H15ClF3N5O. The molecule has 1 fully saturated rings. The summed E-state index contributed by atoms with van der Waals surface area (Å²) < 4.78 is 40.3. The van der Waals surface area contributed by atoms with Gasteiger partial charge in [0, 0.05) is 12.7 Å². The number of aromatic nitrogens is 2. The molecule has 0 aliphatic heterocycles. The molecule has 146 valence electrons. The fourth-order valence-corrected chi connectivity index (χ4v) is 2.89. The maximum atomic E-state index is 13.4. The van der Waals surface area contributed by atoms with Gasteiger partial charge in [-0.25, -0.2) is 9.97 Å². The number of amides is 1. The van der Waals surface area contributed by atoms with Crippen LogP contribution in [0.25, 0.3) is 0 Å². The minimum absolute atomic E-state index is 0.124. The van der Waals surface area contributed by atoms with E-state index in [1.165, 1.54) is 18.2 Å². The molecule has 6 nitrogen and oxygen atoms in total. The van der Waals surface area contributed by atoms with Crippen molar-refractivity contribution in [3.05, 3.63) is 46.2 Å². The summed E-state index contributed by atoms with van der Waals surface area (Å²) in [5.74, 6) is -0.921. The Labute approximate surface area is 163 Å². The monoisotopic (exact) mass is 409 g/mol. The summed E-state index contributed by atoms with van der Waals surface area (Å²) in [6.45, 7) is 0.330. The molecule has 1 heterocycles. The fourth-order valence-electron chi connectivity index (χ4n) is 2.66. The lowest BCUT2D eigenvalue weighted by molar-refractivity contribution is -0.141. The summed E-state index contributed by atoms with van der Waals surface area (Å²) in [6, 6.07) is 6.13. The summed E-state index contributed by atoms with van der Waals surface area (Å²) in [5, 5.41) is 14.0. The summed E-state index contributed by atoms with van der Waals surface area (Å²) >= 11 is 6.00. The quantitative estimate of drug-likeness (QED) is 0.768. The number of carbonyl (C=O) groups is 1. The maximum Gasteiger partial charge on any atom is 0.434 e. The Balaban J connectivity index is 1.84. The van der Waals surface area contributed by atoms with Crippen LogP contribution in [0.4, 0.5) is 24.8 Å². The van der Waals surface area contributed by atoms with Crippen LogP contribution in [0.3, 0.4) is 0 Å². The molecule has 0 bridgehead atoms. The maximum absolute atomic E-state index is 13.4. The Morgan fingerprint density at radius 1 is 1.36 bits per heavy atom. The van der Waals surface area contributed by atoms with Crippen molar-refractivity contribution in [2.45, 2.75) is 25.4 Å². The Kier molecular flexibility index (Phi) is 5.70. The molecular weight excluding hydrogens is 395 g/mol. The number of hydrogen-bond acceptors (Lipinski definition) is 5. The number of halogens is 4. The van der Waals surface area contributed by atoms with Gasteiger partial charge in [-0.2, -0.15) is 18.4 Å². The highest BCUT2D eigenvalue weighted by Gasteiger charge is 2.38. The molecule has 3 rings (SSSR count). The lowest BCUT2D eigenvalue weighted by Gasteiger charge is -2.25. The summed E-state index contributed by atoms with van der Waals surface area (Å²) in [5.41, 5.74) is -1.44. The van der Waals surface area contributed by atoms with E-state index >= 15 is 0 Å². The molecule has 0 unspecified atom stereocenters. The molecule has 0 atom stereocenters. The van der Waals surface area contributed by atoms with Crippen LogP contribution in [-0.2, 0) is 6.18 Å². The predicted molar refractivity (Wildman–Crippen MR) is 96.2 cm³/mol. The number of nitriles is 1. The molecule has 1 aromatic carbocycles. The van der Waals surface area contributed by atoms with Crippen molar-refractivity contribution in [2.75, 3.05) is 11.9 Å². The Morgan fingerprint density at radius 2 is 2.11 bits per heavy atom. The number of alkyl halides is 3. The zero-order chi connectivity index (χ0) is 20.3. The molecule has 1 aliphatic carbocycles. The lowest BCUT2D eigenvalue weighted by atomic mass is 9.85. The third-order valence-electron chi connectivity index (χ3n) is 4.42. The fraction of sp³-hybridized carbons (Fsp3) is 0.333. The van der Waals surface area contributed by atoms with Gasteiger partial charge in [-0.05, 0) is 37.0 Å². The molecule has 0 saturated heterocycles. The first-order valence-corrected chi connectivity index (χ1v) is 8.85. The van der Waals surface area contributed by atoms with Crippen molar-refractivity contribution in [3.8, 4) is 6.07 Å². The van der Waals surface area contributed by atoms with E-state index in [-0.39, 0.29) is 16.7 Å². The molecule has 1 aromatic heterocycles. The van der Waals surface area contributed by atoms with E-state index in [1.54, 1.807) is 0 Å². The molecule has 2 aromatic rings. The average molecular weight is 410 g/mol. The first-order chi connectivity index (χ1) is 13.3. The number of nitrogens with zero attached hydrogens (tertiary/aromatic N) is 3. The van der Waals surface area contributed by atoms with Gasteiger partial charge in [-0.3, -0.25) is 4.79 Å². The summed E-state index contributed by atoms with van der Waals surface area (Å²) in [7, 11) is 0. The van der Waals surface area contributed by atoms with Crippen molar-refractivity contribution in [1.82, 2.24) is 15.3 Å². The van der Waals surface area contributed by atoms with E-state index in [0.29, 0.717) is 18.0 Å². The van der Waals surface area contributed by atoms with E-state index in [9.17, 15) is 18.0 Å². The zero-order valence-electron chi connectivity index (χ0n) is 14.5. The number of nitrogens with one attached hydrogen (secondary N) is 2. The lowest BCUT2D eigenvalue weighted by Crippen LogP contribution is -2.33. The van der Waals surface area contributed by atoms with Crippen LogP contribution >= 0.6 is 11.6 Å². The molecule has 2 N–H and O–H groups in total. The van der Waals surface area contributed by atoms with Gasteiger partial charge in [-0.15, -0.1) is 0 Å². The van der Waals surface area contributed by atoms with Gasteiger partial charge in [0.1, 0.15) is 0 Å². The van der Waals surface area contributed by atoms with Crippen LogP contribution in [0, 0.1) is 17.2 Å². The first-order valence-electron chi connectivity index (χ1n) is 8.47. The van der Waals surface area contributed by atoms with Crippen molar-refractivity contribution in [3.63, 3.8) is 0 Å². The topological polar surface area (TPSA) is 90.7 Å². The highest BCUT2D eigenvalue weighted by molar-refractivity contribution is 6.33. The van der Waals surface area contributed by atoms with Crippen molar-refractivity contribution in [2.24, 2.45) is 5.92 Å². The van der Waals surface area contributed by atoms with Crippen LogP contribution in [0.2, 0.25) is 5.02 Å². The Hall–Kier alpha value is -2.86. The second kappa shape index (κ2) is 8.02. The van der Waals surface area contributed by atoms with E-state index in [1.807, 2.05) is 6.07 Å². The standard InChI is InChI=1S/C18H15ClF3N5O/c19-13-6-11(7-23)4-5-14(13)26-17-25-9-12(15(27-17)18(20,21)22)16(28)24-8-10-2-1-3-10/h4-6,9-10H,1-3,8H2,(H,24,28)(H,25,26,27). The van der Waals surface area contributed by atoms with Crippen molar-refractivity contribution >= 4 is 29.1 Å². The average Bonchev–Trinajstić information content (AvgIpc) is 2.61. The smallest absolute Gasteiger partial charge is 0.352 e. The van der Waals surface area contributed by atoms with E-state index in [0.717, 1.165) is 25.5 Å². The highest BCUT2D eigenvalue weighted by atomic mass is 35.5. The molecule has 28 heavy (non-hydrogen) atoms. The summed E-state index contributed by atoms with van der Waals surface area (Å²) in [4.78, 5) is 19.5. The summed E-state index contributed by atoms with van der Waals surface area (Å²) in [6.07, 6.45) is -1.02. The Bertz CT molecular complexity index is 938. The number of carbonyl (C=O) groups excluding carboxylic acids is 1. The van der Waals surface area contributed by atoms with Gasteiger partial charge in [-0.1, -0.05) is 18.0 Å². The molecule has 0 radical (unpaired) electrons. The van der Waals surface area contributed by atoms with Crippen LogP contribution in [0.15, 0.2) is 24.4 Å². The van der Waals surface area contributed by atoms with Gasteiger partial charge < -0.3 is 10.6 Å². The molecule has 1 saturated carbocycles. The van der Waals surface area contributed by atoms with Crippen LogP contribution in [0.5, 0.6) is 0 Å². The molecule has 1 amide bonds. The van der Waals surface area contributed by atoms with E-state index in [4.69, 9.17) is 16.9 Å².